The van der Waals surface area contributed by atoms with E-state index in [0.717, 1.165) is 6.08 Å². The highest BCUT2D eigenvalue weighted by atomic mass is 79.9. The number of allylic oxidation sites excluding steroid dienone is 1. The van der Waals surface area contributed by atoms with Crippen molar-refractivity contribution in [2.24, 2.45) is 0 Å². The maximum absolute atomic E-state index is 12.1. The van der Waals surface area contributed by atoms with Gasteiger partial charge in [-0.05, 0) is 29.8 Å². The molecule has 0 amide bonds. The van der Waals surface area contributed by atoms with Crippen LogP contribution < -0.4 is 0 Å². The van der Waals surface area contributed by atoms with Gasteiger partial charge < -0.3 is 0 Å². The lowest BCUT2D eigenvalue weighted by Crippen LogP contribution is -2.06. The lowest BCUT2D eigenvalue weighted by Gasteiger charge is -2.05. The van der Waals surface area contributed by atoms with Crippen molar-refractivity contribution in [1.82, 2.24) is 0 Å². The molecular weight excluding hydrogens is 316 g/mol. The van der Waals surface area contributed by atoms with E-state index in [1.54, 1.807) is 12.1 Å². The highest BCUT2D eigenvalue weighted by molar-refractivity contribution is 9.10. The van der Waals surface area contributed by atoms with Crippen LogP contribution in [0.15, 0.2) is 27.7 Å². The van der Waals surface area contributed by atoms with Gasteiger partial charge in [0.05, 0.1) is 0 Å². The zero-order chi connectivity index (χ0) is 11.6. The summed E-state index contributed by atoms with van der Waals surface area (Å²) >= 11 is 13.8. The molecule has 15 heavy (non-hydrogen) atoms. The predicted molar refractivity (Wildman–Crippen MR) is 59.0 cm³/mol. The van der Waals surface area contributed by atoms with Crippen molar-refractivity contribution in [3.63, 3.8) is 0 Å². The van der Waals surface area contributed by atoms with Crippen LogP contribution in [-0.4, -0.2) is 6.18 Å². The second-order valence-electron chi connectivity index (χ2n) is 2.66. The van der Waals surface area contributed by atoms with E-state index in [1.165, 1.54) is 6.07 Å². The molecule has 0 bridgehead atoms. The Morgan fingerprint density at radius 1 is 1.33 bits per heavy atom. The molecular formula is C9H4BrCl2F3. The van der Waals surface area contributed by atoms with E-state index in [2.05, 4.69) is 15.9 Å². The molecule has 0 aliphatic rings. The summed E-state index contributed by atoms with van der Waals surface area (Å²) in [6, 6.07) is 4.50. The number of rotatable bonds is 1. The smallest absolute Gasteiger partial charge is 0.165 e. The molecule has 0 aliphatic heterocycles. The first-order chi connectivity index (χ1) is 6.80. The Morgan fingerprint density at radius 2 is 1.93 bits per heavy atom. The van der Waals surface area contributed by atoms with Crippen molar-refractivity contribution in [1.29, 1.82) is 0 Å². The van der Waals surface area contributed by atoms with Gasteiger partial charge in [0.25, 0.3) is 0 Å². The molecule has 82 valence electrons. The average molecular weight is 320 g/mol. The lowest BCUT2D eigenvalue weighted by atomic mass is 10.2. The van der Waals surface area contributed by atoms with Gasteiger partial charge in [0.2, 0.25) is 0 Å². The van der Waals surface area contributed by atoms with E-state index in [9.17, 15) is 13.2 Å². The second-order valence-corrected chi connectivity index (χ2v) is 4.35. The van der Waals surface area contributed by atoms with Crippen molar-refractivity contribution >= 4 is 45.2 Å². The van der Waals surface area contributed by atoms with Gasteiger partial charge in [0, 0.05) is 9.50 Å². The third-order valence-electron chi connectivity index (χ3n) is 1.51. The summed E-state index contributed by atoms with van der Waals surface area (Å²) in [5.41, 5.74) is 0.282. The van der Waals surface area contributed by atoms with Crippen molar-refractivity contribution in [3.8, 4) is 0 Å². The normalized spacial score (nSPS) is 13.1. The highest BCUT2D eigenvalue weighted by Gasteiger charge is 2.32. The molecule has 0 fully saturated rings. The Morgan fingerprint density at radius 3 is 2.47 bits per heavy atom. The summed E-state index contributed by atoms with van der Waals surface area (Å²) in [7, 11) is 0. The minimum absolute atomic E-state index is 0.282. The van der Waals surface area contributed by atoms with Crippen LogP contribution in [0.25, 0.3) is 6.08 Å². The standard InChI is InChI=1S/C9H4BrCl2F3/c10-7-2-1-6(11)3-5(7)4-8(12)9(13,14)15/h1-4H/b8-4-. The van der Waals surface area contributed by atoms with E-state index in [-0.39, 0.29) is 5.56 Å². The first-order valence-corrected chi connectivity index (χ1v) is 5.25. The highest BCUT2D eigenvalue weighted by Crippen LogP contribution is 2.32. The monoisotopic (exact) mass is 318 g/mol. The Bertz CT molecular complexity index is 399. The Balaban J connectivity index is 3.13. The van der Waals surface area contributed by atoms with Crippen LogP contribution in [-0.2, 0) is 0 Å². The summed E-state index contributed by atoms with van der Waals surface area (Å²) in [4.78, 5) is 0. The fourth-order valence-electron chi connectivity index (χ4n) is 0.844. The van der Waals surface area contributed by atoms with Crippen LogP contribution in [0.2, 0.25) is 5.02 Å². The molecule has 0 aromatic heterocycles. The molecule has 0 N–H and O–H groups in total. The van der Waals surface area contributed by atoms with Gasteiger partial charge in [-0.3, -0.25) is 0 Å². The van der Waals surface area contributed by atoms with E-state index >= 15 is 0 Å². The first-order valence-electron chi connectivity index (χ1n) is 3.70. The Hall–Kier alpha value is -0.190. The van der Waals surface area contributed by atoms with Gasteiger partial charge in [0.1, 0.15) is 5.03 Å². The van der Waals surface area contributed by atoms with E-state index in [4.69, 9.17) is 23.2 Å². The molecule has 1 aromatic rings. The molecule has 1 rings (SSSR count). The van der Waals surface area contributed by atoms with E-state index in [0.29, 0.717) is 9.50 Å². The third kappa shape index (κ3) is 3.70. The van der Waals surface area contributed by atoms with Crippen LogP contribution in [0, 0.1) is 0 Å². The number of hydrogen-bond acceptors (Lipinski definition) is 0. The van der Waals surface area contributed by atoms with E-state index in [1.807, 2.05) is 0 Å². The Kier molecular flexibility index (Phi) is 4.09. The predicted octanol–water partition coefficient (Wildman–Crippen LogP) is 5.24. The molecule has 0 nitrogen and oxygen atoms in total. The van der Waals surface area contributed by atoms with Gasteiger partial charge >= 0.3 is 6.18 Å². The topological polar surface area (TPSA) is 0 Å². The maximum Gasteiger partial charge on any atom is 0.426 e. The quantitative estimate of drug-likeness (QED) is 0.663. The largest absolute Gasteiger partial charge is 0.426 e. The summed E-state index contributed by atoms with van der Waals surface area (Å²) in [5.74, 6) is 0. The molecule has 0 heterocycles. The number of alkyl halides is 3. The summed E-state index contributed by atoms with van der Waals surface area (Å²) < 4.78 is 36.9. The molecule has 0 radical (unpaired) electrons. The third-order valence-corrected chi connectivity index (χ3v) is 2.79. The SMILES string of the molecule is FC(F)(F)/C(Cl)=C/c1cc(Cl)ccc1Br. The van der Waals surface area contributed by atoms with Gasteiger partial charge in [-0.2, -0.15) is 13.2 Å². The minimum atomic E-state index is -4.54. The molecule has 6 heteroatoms. The second kappa shape index (κ2) is 4.76. The van der Waals surface area contributed by atoms with Crippen LogP contribution in [0.1, 0.15) is 5.56 Å². The molecule has 1 aromatic carbocycles. The molecule has 0 unspecified atom stereocenters. The number of hydrogen-bond donors (Lipinski definition) is 0. The molecule has 0 atom stereocenters. The van der Waals surface area contributed by atoms with Gasteiger partial charge in [-0.25, -0.2) is 0 Å². The number of benzene rings is 1. The zero-order valence-corrected chi connectivity index (χ0v) is 10.2. The van der Waals surface area contributed by atoms with Crippen molar-refractivity contribution in [2.75, 3.05) is 0 Å². The summed E-state index contributed by atoms with van der Waals surface area (Å²) in [5, 5.41) is -0.846. The fraction of sp³-hybridized carbons (Fsp3) is 0.111. The van der Waals surface area contributed by atoms with Gasteiger partial charge in [-0.1, -0.05) is 39.1 Å². The molecule has 0 saturated carbocycles. The Labute approximate surface area is 103 Å². The van der Waals surface area contributed by atoms with Crippen LogP contribution in [0.5, 0.6) is 0 Å². The number of halogens is 6. The van der Waals surface area contributed by atoms with Gasteiger partial charge in [-0.15, -0.1) is 0 Å². The minimum Gasteiger partial charge on any atom is -0.165 e. The zero-order valence-electron chi connectivity index (χ0n) is 7.08. The van der Waals surface area contributed by atoms with Crippen molar-refractivity contribution < 1.29 is 13.2 Å². The van der Waals surface area contributed by atoms with Crippen LogP contribution >= 0.6 is 39.1 Å². The lowest BCUT2D eigenvalue weighted by molar-refractivity contribution is -0.0836. The fourth-order valence-corrected chi connectivity index (χ4v) is 1.50. The molecule has 0 saturated heterocycles. The maximum atomic E-state index is 12.1. The van der Waals surface area contributed by atoms with Gasteiger partial charge in [0.15, 0.2) is 0 Å². The van der Waals surface area contributed by atoms with Crippen LogP contribution in [0.3, 0.4) is 0 Å². The van der Waals surface area contributed by atoms with Crippen molar-refractivity contribution in [3.05, 3.63) is 38.3 Å². The van der Waals surface area contributed by atoms with Crippen molar-refractivity contribution in [2.45, 2.75) is 6.18 Å². The first kappa shape index (κ1) is 12.9. The average Bonchev–Trinajstić information content (AvgIpc) is 2.09. The van der Waals surface area contributed by atoms with E-state index < -0.39 is 11.2 Å². The molecule has 0 aliphatic carbocycles. The summed E-state index contributed by atoms with van der Waals surface area (Å²) in [6.07, 6.45) is -3.72. The van der Waals surface area contributed by atoms with Crippen LogP contribution in [0.4, 0.5) is 13.2 Å². The summed E-state index contributed by atoms with van der Waals surface area (Å²) in [6.45, 7) is 0. The molecule has 0 spiro atoms.